The number of benzene rings is 1. The quantitative estimate of drug-likeness (QED) is 0.781. The highest BCUT2D eigenvalue weighted by molar-refractivity contribution is 7.47. The van der Waals surface area contributed by atoms with Crippen molar-refractivity contribution in [3.05, 3.63) is 29.3 Å². The summed E-state index contributed by atoms with van der Waals surface area (Å²) < 4.78 is 11.4. The average Bonchev–Trinajstić information content (AvgIpc) is 3.08. The Balaban J connectivity index is 2.65. The summed E-state index contributed by atoms with van der Waals surface area (Å²) in [4.78, 5) is 21.0. The lowest BCUT2D eigenvalue weighted by Crippen LogP contribution is -2.33. The number of nitrogens with two attached hydrogens (primary N) is 1. The molecule has 1 aliphatic carbocycles. The normalized spacial score (nSPS) is 18.7. The first kappa shape index (κ1) is 12.3. The van der Waals surface area contributed by atoms with Crippen molar-refractivity contribution in [2.45, 2.75) is 31.6 Å². The van der Waals surface area contributed by atoms with Crippen LogP contribution in [0.15, 0.2) is 18.2 Å². The van der Waals surface area contributed by atoms with Gasteiger partial charge in [-0.05, 0) is 36.5 Å². The van der Waals surface area contributed by atoms with Crippen LogP contribution >= 0.6 is 8.03 Å². The second-order valence-corrected chi connectivity index (χ2v) is 5.59. The van der Waals surface area contributed by atoms with E-state index in [-0.39, 0.29) is 5.91 Å². The molecule has 0 saturated heterocycles. The summed E-state index contributed by atoms with van der Waals surface area (Å²) in [5.41, 5.74) is 6.42. The summed E-state index contributed by atoms with van der Waals surface area (Å²) in [6, 6.07) is 5.28. The van der Waals surface area contributed by atoms with Gasteiger partial charge < -0.3 is 10.6 Å². The monoisotopic (exact) mass is 253 g/mol. The highest BCUT2D eigenvalue weighted by Crippen LogP contribution is 2.49. The Kier molecular flexibility index (Phi) is 3.11. The molecule has 0 bridgehead atoms. The lowest BCUT2D eigenvalue weighted by Gasteiger charge is -2.19. The second kappa shape index (κ2) is 4.28. The highest BCUT2D eigenvalue weighted by Gasteiger charge is 2.52. The molecule has 1 amide bonds. The van der Waals surface area contributed by atoms with Gasteiger partial charge in [0.1, 0.15) is 0 Å². The van der Waals surface area contributed by atoms with Crippen molar-refractivity contribution < 1.29 is 14.3 Å². The van der Waals surface area contributed by atoms with Crippen LogP contribution in [0.3, 0.4) is 0 Å². The fourth-order valence-electron chi connectivity index (χ4n) is 2.38. The van der Waals surface area contributed by atoms with Crippen molar-refractivity contribution >= 4 is 19.2 Å². The van der Waals surface area contributed by atoms with Crippen LogP contribution in [0.25, 0.3) is 0 Å². The van der Waals surface area contributed by atoms with E-state index in [1.807, 2.05) is 13.0 Å². The molecule has 3 N–H and O–H groups in total. The van der Waals surface area contributed by atoms with Crippen molar-refractivity contribution in [2.24, 2.45) is 5.73 Å². The molecule has 1 saturated carbocycles. The van der Waals surface area contributed by atoms with E-state index in [4.69, 9.17) is 5.73 Å². The van der Waals surface area contributed by atoms with E-state index in [0.717, 1.165) is 12.0 Å². The van der Waals surface area contributed by atoms with Crippen LogP contribution in [0, 0.1) is 0 Å². The van der Waals surface area contributed by atoms with E-state index < -0.39 is 13.4 Å². The summed E-state index contributed by atoms with van der Waals surface area (Å²) >= 11 is 0. The fourth-order valence-corrected chi connectivity index (χ4v) is 3.24. The first-order chi connectivity index (χ1) is 8.03. The van der Waals surface area contributed by atoms with Gasteiger partial charge in [0.05, 0.1) is 5.41 Å². The fraction of sp³-hybridized carbons (Fsp3) is 0.417. The number of primary amides is 1. The molecule has 0 heterocycles. The zero-order valence-electron chi connectivity index (χ0n) is 9.69. The largest absolute Gasteiger partial charge is 0.369 e. The third-order valence-electron chi connectivity index (χ3n) is 3.46. The molecular weight excluding hydrogens is 237 g/mol. The third kappa shape index (κ3) is 1.92. The number of hydrogen-bond acceptors (Lipinski definition) is 2. The number of carbonyl (C=O) groups is 1. The molecule has 4 nitrogen and oxygen atoms in total. The second-order valence-electron chi connectivity index (χ2n) is 4.44. The van der Waals surface area contributed by atoms with E-state index in [1.54, 1.807) is 12.1 Å². The highest BCUT2D eigenvalue weighted by atomic mass is 31.1. The molecule has 0 spiro atoms. The smallest absolute Gasteiger partial charge is 0.228 e. The van der Waals surface area contributed by atoms with Crippen molar-refractivity contribution in [2.75, 3.05) is 0 Å². The number of carbonyl (C=O) groups excluding carboxylic acids is 1. The van der Waals surface area contributed by atoms with E-state index >= 15 is 0 Å². The van der Waals surface area contributed by atoms with E-state index in [2.05, 4.69) is 0 Å². The standard InChI is InChI=1S/C12H16NO3P/c1-2-8-4-3-5-9(17(15)16)10(8)12(6-7-12)11(13)14/h3-5,17H,2,6-7H2,1H3,(H2,13,14)(H,15,16). The van der Waals surface area contributed by atoms with Gasteiger partial charge in [0.2, 0.25) is 13.9 Å². The number of aryl methyl sites for hydroxylation is 1. The predicted octanol–water partition coefficient (Wildman–Crippen LogP) is 0.858. The Morgan fingerprint density at radius 2 is 2.18 bits per heavy atom. The summed E-state index contributed by atoms with van der Waals surface area (Å²) in [5, 5.41) is 0.394. The van der Waals surface area contributed by atoms with Gasteiger partial charge in [-0.25, -0.2) is 0 Å². The maximum absolute atomic E-state index is 11.6. The van der Waals surface area contributed by atoms with Gasteiger partial charge in [0.25, 0.3) is 0 Å². The predicted molar refractivity (Wildman–Crippen MR) is 66.8 cm³/mol. The molecule has 1 unspecified atom stereocenters. The molecule has 0 aromatic heterocycles. The minimum absolute atomic E-state index is 0.386. The Hall–Kier alpha value is -1.12. The van der Waals surface area contributed by atoms with Crippen LogP contribution in [0.1, 0.15) is 30.9 Å². The van der Waals surface area contributed by atoms with Crippen molar-refractivity contribution in [1.82, 2.24) is 0 Å². The molecule has 1 aromatic carbocycles. The SMILES string of the molecule is CCc1cccc([PH](=O)O)c1C1(C(N)=O)CC1. The van der Waals surface area contributed by atoms with E-state index in [1.165, 1.54) is 0 Å². The molecule has 1 atom stereocenters. The Morgan fingerprint density at radius 3 is 2.59 bits per heavy atom. The van der Waals surface area contributed by atoms with Crippen LogP contribution in [0.2, 0.25) is 0 Å². The van der Waals surface area contributed by atoms with Gasteiger partial charge >= 0.3 is 0 Å². The summed E-state index contributed by atoms with van der Waals surface area (Å²) in [7, 11) is -2.81. The molecule has 1 fully saturated rings. The van der Waals surface area contributed by atoms with Gasteiger partial charge in [-0.15, -0.1) is 0 Å². The Labute approximate surface area is 101 Å². The minimum Gasteiger partial charge on any atom is -0.369 e. The summed E-state index contributed by atoms with van der Waals surface area (Å²) in [6.45, 7) is 1.97. The lowest BCUT2D eigenvalue weighted by molar-refractivity contribution is -0.120. The lowest BCUT2D eigenvalue weighted by atomic mass is 9.89. The molecule has 0 radical (unpaired) electrons. The Morgan fingerprint density at radius 1 is 1.53 bits per heavy atom. The van der Waals surface area contributed by atoms with Crippen molar-refractivity contribution in [3.8, 4) is 0 Å². The van der Waals surface area contributed by atoms with Gasteiger partial charge in [0.15, 0.2) is 0 Å². The summed E-state index contributed by atoms with van der Waals surface area (Å²) in [5.74, 6) is -0.386. The van der Waals surface area contributed by atoms with E-state index in [9.17, 15) is 14.3 Å². The van der Waals surface area contributed by atoms with Crippen LogP contribution in [0.5, 0.6) is 0 Å². The third-order valence-corrected chi connectivity index (χ3v) is 4.34. The van der Waals surface area contributed by atoms with E-state index in [0.29, 0.717) is 23.7 Å². The molecule has 1 aliphatic rings. The molecule has 5 heteroatoms. The van der Waals surface area contributed by atoms with Crippen molar-refractivity contribution in [3.63, 3.8) is 0 Å². The zero-order chi connectivity index (χ0) is 12.6. The van der Waals surface area contributed by atoms with Gasteiger partial charge in [0, 0.05) is 5.30 Å². The van der Waals surface area contributed by atoms with Crippen LogP contribution in [-0.2, 0) is 21.2 Å². The van der Waals surface area contributed by atoms with Crippen LogP contribution in [0.4, 0.5) is 0 Å². The van der Waals surface area contributed by atoms with Crippen LogP contribution < -0.4 is 11.0 Å². The van der Waals surface area contributed by atoms with Gasteiger partial charge in [-0.3, -0.25) is 9.36 Å². The molecular formula is C12H16NO3P. The number of hydrogen-bond donors (Lipinski definition) is 2. The van der Waals surface area contributed by atoms with Gasteiger partial charge in [-0.1, -0.05) is 19.1 Å². The first-order valence-electron chi connectivity index (χ1n) is 5.68. The van der Waals surface area contributed by atoms with Crippen LogP contribution in [-0.4, -0.2) is 10.8 Å². The average molecular weight is 253 g/mol. The summed E-state index contributed by atoms with van der Waals surface area (Å²) in [6.07, 6.45) is 2.09. The number of rotatable bonds is 4. The molecule has 92 valence electrons. The maximum atomic E-state index is 11.6. The molecule has 17 heavy (non-hydrogen) atoms. The minimum atomic E-state index is -2.81. The Bertz CT molecular complexity index is 495. The molecule has 2 rings (SSSR count). The number of amides is 1. The zero-order valence-corrected chi connectivity index (χ0v) is 10.7. The first-order valence-corrected chi connectivity index (χ1v) is 7.04. The van der Waals surface area contributed by atoms with Crippen molar-refractivity contribution in [1.29, 1.82) is 0 Å². The topological polar surface area (TPSA) is 80.4 Å². The maximum Gasteiger partial charge on any atom is 0.228 e. The van der Waals surface area contributed by atoms with Gasteiger partial charge in [-0.2, -0.15) is 0 Å². The molecule has 0 aliphatic heterocycles. The molecule has 1 aromatic rings.